The van der Waals surface area contributed by atoms with Gasteiger partial charge in [-0.05, 0) is 18.1 Å². The largest absolute Gasteiger partial charge is 0.493 e. The molecule has 1 rings (SSSR count). The van der Waals surface area contributed by atoms with Crippen molar-refractivity contribution in [2.24, 2.45) is 5.92 Å². The van der Waals surface area contributed by atoms with Crippen molar-refractivity contribution in [1.82, 2.24) is 5.32 Å². The fourth-order valence-electron chi connectivity index (χ4n) is 1.90. The molecule has 0 saturated carbocycles. The lowest BCUT2D eigenvalue weighted by molar-refractivity contribution is -0.143. The van der Waals surface area contributed by atoms with Gasteiger partial charge in [0.25, 0.3) is 5.91 Å². The van der Waals surface area contributed by atoms with Crippen LogP contribution in [0.4, 0.5) is 0 Å². The fourth-order valence-corrected chi connectivity index (χ4v) is 1.90. The van der Waals surface area contributed by atoms with Crippen LogP contribution in [0.15, 0.2) is 18.2 Å². The molecule has 0 spiro atoms. The molecule has 7 heteroatoms. The lowest BCUT2D eigenvalue weighted by atomic mass is 9.99. The third-order valence-electron chi connectivity index (χ3n) is 3.45. The number of nitrogens with zero attached hydrogens (tertiary/aromatic N) is 1. The number of carbonyl (C=O) groups excluding carboxylic acids is 1. The number of methoxy groups -OCH3 is 1. The van der Waals surface area contributed by atoms with Gasteiger partial charge >= 0.3 is 5.97 Å². The van der Waals surface area contributed by atoms with E-state index in [1.807, 2.05) is 13.0 Å². The van der Waals surface area contributed by atoms with Crippen molar-refractivity contribution in [3.8, 4) is 17.6 Å². The first kappa shape index (κ1) is 18.3. The first-order valence-electron chi connectivity index (χ1n) is 7.16. The Balaban J connectivity index is 2.69. The lowest BCUT2D eigenvalue weighted by Crippen LogP contribution is -2.46. The van der Waals surface area contributed by atoms with Crippen LogP contribution >= 0.6 is 0 Å². The van der Waals surface area contributed by atoms with E-state index in [0.29, 0.717) is 23.5 Å². The van der Waals surface area contributed by atoms with E-state index in [2.05, 4.69) is 5.32 Å². The molecular formula is C16H20N2O5. The Morgan fingerprint density at radius 3 is 2.61 bits per heavy atom. The second kappa shape index (κ2) is 8.63. The van der Waals surface area contributed by atoms with Crippen LogP contribution in [0.25, 0.3) is 0 Å². The van der Waals surface area contributed by atoms with E-state index in [1.165, 1.54) is 25.3 Å². The Kier molecular flexibility index (Phi) is 6.87. The minimum atomic E-state index is -1.08. The molecule has 124 valence electrons. The Labute approximate surface area is 134 Å². The number of carbonyl (C=O) groups is 2. The normalized spacial score (nSPS) is 12.6. The second-order valence-electron chi connectivity index (χ2n) is 5.04. The van der Waals surface area contributed by atoms with Crippen LogP contribution in [-0.2, 0) is 9.59 Å². The number of carboxylic acid groups (broad SMARTS) is 1. The summed E-state index contributed by atoms with van der Waals surface area (Å²) in [7, 11) is 1.42. The van der Waals surface area contributed by atoms with Crippen LogP contribution in [0, 0.1) is 17.2 Å². The monoisotopic (exact) mass is 320 g/mol. The Morgan fingerprint density at radius 2 is 2.09 bits per heavy atom. The maximum atomic E-state index is 11.9. The Morgan fingerprint density at radius 1 is 1.39 bits per heavy atom. The van der Waals surface area contributed by atoms with Crippen molar-refractivity contribution < 1.29 is 24.2 Å². The number of nitriles is 1. The van der Waals surface area contributed by atoms with E-state index in [1.54, 1.807) is 6.92 Å². The summed E-state index contributed by atoms with van der Waals surface area (Å²) in [6.07, 6.45) is 0.627. The number of amides is 1. The van der Waals surface area contributed by atoms with Crippen LogP contribution < -0.4 is 14.8 Å². The van der Waals surface area contributed by atoms with Gasteiger partial charge in [0.15, 0.2) is 18.1 Å². The molecule has 1 aromatic carbocycles. The highest BCUT2D eigenvalue weighted by atomic mass is 16.5. The molecule has 0 saturated heterocycles. The summed E-state index contributed by atoms with van der Waals surface area (Å²) in [5.41, 5.74) is 0.404. The average molecular weight is 320 g/mol. The summed E-state index contributed by atoms with van der Waals surface area (Å²) in [6, 6.07) is 5.56. The van der Waals surface area contributed by atoms with Crippen molar-refractivity contribution in [3.63, 3.8) is 0 Å². The van der Waals surface area contributed by atoms with E-state index < -0.39 is 17.9 Å². The van der Waals surface area contributed by atoms with Gasteiger partial charge in [-0.1, -0.05) is 20.3 Å². The maximum Gasteiger partial charge on any atom is 0.326 e. The molecule has 0 fully saturated rings. The van der Waals surface area contributed by atoms with Crippen LogP contribution in [0.3, 0.4) is 0 Å². The van der Waals surface area contributed by atoms with Gasteiger partial charge in [0.1, 0.15) is 6.04 Å². The number of carboxylic acids is 1. The van der Waals surface area contributed by atoms with E-state index in [9.17, 15) is 9.59 Å². The molecule has 0 heterocycles. The van der Waals surface area contributed by atoms with Gasteiger partial charge in [0, 0.05) is 6.07 Å². The van der Waals surface area contributed by atoms with Gasteiger partial charge in [-0.15, -0.1) is 0 Å². The molecule has 2 N–H and O–H groups in total. The highest BCUT2D eigenvalue weighted by molar-refractivity contribution is 5.84. The number of hydrogen-bond donors (Lipinski definition) is 2. The van der Waals surface area contributed by atoms with Gasteiger partial charge < -0.3 is 19.9 Å². The number of rotatable bonds is 8. The molecule has 1 amide bonds. The second-order valence-corrected chi connectivity index (χ2v) is 5.04. The SMILES string of the molecule is CCC(C)C(NC(=O)COc1ccc(C#N)cc1OC)C(=O)O. The first-order valence-corrected chi connectivity index (χ1v) is 7.16. The van der Waals surface area contributed by atoms with Gasteiger partial charge in [-0.25, -0.2) is 4.79 Å². The van der Waals surface area contributed by atoms with Crippen molar-refractivity contribution in [3.05, 3.63) is 23.8 Å². The van der Waals surface area contributed by atoms with E-state index >= 15 is 0 Å². The standard InChI is InChI=1S/C16H20N2O5/c1-4-10(2)15(16(20)21)18-14(19)9-23-12-6-5-11(8-17)7-13(12)22-3/h5-7,10,15H,4,9H2,1-3H3,(H,18,19)(H,20,21). The summed E-state index contributed by atoms with van der Waals surface area (Å²) in [5, 5.41) is 20.4. The molecule has 1 aromatic rings. The fraction of sp³-hybridized carbons (Fsp3) is 0.438. The summed E-state index contributed by atoms with van der Waals surface area (Å²) < 4.78 is 10.4. The Bertz CT molecular complexity index is 609. The number of nitrogens with one attached hydrogen (secondary N) is 1. The molecule has 2 unspecified atom stereocenters. The zero-order chi connectivity index (χ0) is 17.4. The van der Waals surface area contributed by atoms with Crippen LogP contribution in [0.1, 0.15) is 25.8 Å². The summed E-state index contributed by atoms with van der Waals surface area (Å²) in [4.78, 5) is 23.1. The summed E-state index contributed by atoms with van der Waals surface area (Å²) >= 11 is 0. The number of hydrogen-bond acceptors (Lipinski definition) is 5. The third-order valence-corrected chi connectivity index (χ3v) is 3.45. The Hall–Kier alpha value is -2.75. The number of aliphatic carboxylic acids is 1. The van der Waals surface area contributed by atoms with Crippen LogP contribution in [-0.4, -0.2) is 36.7 Å². The molecule has 0 aliphatic rings. The predicted molar refractivity (Wildman–Crippen MR) is 82.2 cm³/mol. The molecule has 23 heavy (non-hydrogen) atoms. The van der Waals surface area contributed by atoms with Crippen molar-refractivity contribution >= 4 is 11.9 Å². The van der Waals surface area contributed by atoms with Crippen LogP contribution in [0.5, 0.6) is 11.5 Å². The molecule has 0 aromatic heterocycles. The first-order chi connectivity index (χ1) is 10.9. The number of benzene rings is 1. The van der Waals surface area contributed by atoms with E-state index in [0.717, 1.165) is 0 Å². The third kappa shape index (κ3) is 5.18. The molecule has 0 aliphatic heterocycles. The van der Waals surface area contributed by atoms with E-state index in [4.69, 9.17) is 19.8 Å². The lowest BCUT2D eigenvalue weighted by Gasteiger charge is -2.20. The molecule has 0 bridgehead atoms. The highest BCUT2D eigenvalue weighted by Gasteiger charge is 2.25. The van der Waals surface area contributed by atoms with Crippen molar-refractivity contribution in [2.45, 2.75) is 26.3 Å². The quantitative estimate of drug-likeness (QED) is 0.752. The van der Waals surface area contributed by atoms with Crippen LogP contribution in [0.2, 0.25) is 0 Å². The molecular weight excluding hydrogens is 300 g/mol. The highest BCUT2D eigenvalue weighted by Crippen LogP contribution is 2.27. The van der Waals surface area contributed by atoms with Gasteiger partial charge in [0.2, 0.25) is 0 Å². The number of ether oxygens (including phenoxy) is 2. The molecule has 2 atom stereocenters. The maximum absolute atomic E-state index is 11.9. The smallest absolute Gasteiger partial charge is 0.326 e. The summed E-state index contributed by atoms with van der Waals surface area (Å²) in [5.74, 6) is -1.18. The van der Waals surface area contributed by atoms with Crippen molar-refractivity contribution in [1.29, 1.82) is 5.26 Å². The van der Waals surface area contributed by atoms with E-state index in [-0.39, 0.29) is 12.5 Å². The molecule has 7 nitrogen and oxygen atoms in total. The zero-order valence-corrected chi connectivity index (χ0v) is 13.3. The average Bonchev–Trinajstić information content (AvgIpc) is 2.56. The van der Waals surface area contributed by atoms with Gasteiger partial charge in [0.05, 0.1) is 18.7 Å². The topological polar surface area (TPSA) is 109 Å². The minimum Gasteiger partial charge on any atom is -0.493 e. The van der Waals surface area contributed by atoms with Gasteiger partial charge in [-0.2, -0.15) is 5.26 Å². The van der Waals surface area contributed by atoms with Crippen molar-refractivity contribution in [2.75, 3.05) is 13.7 Å². The van der Waals surface area contributed by atoms with Gasteiger partial charge in [-0.3, -0.25) is 4.79 Å². The molecule has 0 aliphatic carbocycles. The molecule has 0 radical (unpaired) electrons. The minimum absolute atomic E-state index is 0.194. The predicted octanol–water partition coefficient (Wildman–Crippen LogP) is 1.56. The zero-order valence-electron chi connectivity index (χ0n) is 13.3. The summed E-state index contributed by atoms with van der Waals surface area (Å²) in [6.45, 7) is 3.26.